The van der Waals surface area contributed by atoms with E-state index in [1.54, 1.807) is 17.1 Å². The van der Waals surface area contributed by atoms with Gasteiger partial charge in [0.2, 0.25) is 0 Å². The second-order valence-corrected chi connectivity index (χ2v) is 7.45. The lowest BCUT2D eigenvalue weighted by molar-refractivity contribution is 0.0955. The molecule has 0 saturated heterocycles. The van der Waals surface area contributed by atoms with E-state index in [-0.39, 0.29) is 5.91 Å². The molecule has 0 fully saturated rings. The van der Waals surface area contributed by atoms with Crippen LogP contribution < -0.4 is 5.43 Å². The van der Waals surface area contributed by atoms with E-state index in [2.05, 4.69) is 20.6 Å². The van der Waals surface area contributed by atoms with Gasteiger partial charge in [-0.1, -0.05) is 66.7 Å². The number of amides is 1. The molecule has 6 heteroatoms. The molecule has 2 N–H and O–H groups in total. The molecule has 5 aromatic rings. The Kier molecular flexibility index (Phi) is 5.09. The molecule has 0 saturated carbocycles. The fourth-order valence-corrected chi connectivity index (χ4v) is 3.74. The second kappa shape index (κ2) is 8.35. The summed E-state index contributed by atoms with van der Waals surface area (Å²) < 4.78 is 1.71. The zero-order chi connectivity index (χ0) is 21.9. The van der Waals surface area contributed by atoms with Crippen molar-refractivity contribution in [2.24, 2.45) is 5.10 Å². The lowest BCUT2D eigenvalue weighted by atomic mass is 10.1. The Hall–Kier alpha value is -4.45. The fourth-order valence-electron chi connectivity index (χ4n) is 3.74. The Balaban J connectivity index is 1.47. The number of benzene rings is 3. The van der Waals surface area contributed by atoms with Crippen LogP contribution in [0.1, 0.15) is 21.6 Å². The standard InChI is InChI=1S/C26H21N5O/c1-18-22(21-14-8-9-15-24(21)28-18)16-27-29-26(32)23-17-31(20-12-6-3-7-13-20)30-25(23)19-10-4-2-5-11-19/h2-17,28H,1H3,(H,29,32)/b27-16+. The summed E-state index contributed by atoms with van der Waals surface area (Å²) in [6.07, 6.45) is 3.41. The van der Waals surface area contributed by atoms with Gasteiger partial charge < -0.3 is 4.98 Å². The lowest BCUT2D eigenvalue weighted by Gasteiger charge is -2.01. The first-order valence-corrected chi connectivity index (χ1v) is 10.3. The molecule has 5 rings (SSSR count). The van der Waals surface area contributed by atoms with E-state index in [1.165, 1.54) is 0 Å². The summed E-state index contributed by atoms with van der Waals surface area (Å²) in [5, 5.41) is 9.98. The van der Waals surface area contributed by atoms with Gasteiger partial charge in [-0.25, -0.2) is 10.1 Å². The van der Waals surface area contributed by atoms with Gasteiger partial charge in [-0.3, -0.25) is 4.79 Å². The predicted molar refractivity (Wildman–Crippen MR) is 127 cm³/mol. The van der Waals surface area contributed by atoms with Gasteiger partial charge >= 0.3 is 0 Å². The highest BCUT2D eigenvalue weighted by molar-refractivity contribution is 6.03. The van der Waals surface area contributed by atoms with E-state index in [0.717, 1.165) is 33.4 Å². The van der Waals surface area contributed by atoms with Gasteiger partial charge in [-0.15, -0.1) is 0 Å². The highest BCUT2D eigenvalue weighted by Crippen LogP contribution is 2.24. The quantitative estimate of drug-likeness (QED) is 0.307. The number of H-pyrrole nitrogens is 1. The number of rotatable bonds is 5. The number of hydrogen-bond acceptors (Lipinski definition) is 3. The van der Waals surface area contributed by atoms with Crippen LogP contribution in [0.5, 0.6) is 0 Å². The molecule has 0 atom stereocenters. The highest BCUT2D eigenvalue weighted by Gasteiger charge is 2.18. The third-order valence-electron chi connectivity index (χ3n) is 5.33. The van der Waals surface area contributed by atoms with Crippen molar-refractivity contribution < 1.29 is 4.79 Å². The molecule has 0 spiro atoms. The van der Waals surface area contributed by atoms with Gasteiger partial charge in [0.1, 0.15) is 5.69 Å². The third-order valence-corrected chi connectivity index (χ3v) is 5.33. The van der Waals surface area contributed by atoms with Crippen LogP contribution in [0.2, 0.25) is 0 Å². The summed E-state index contributed by atoms with van der Waals surface area (Å²) in [5.41, 5.74) is 8.44. The molecule has 0 aliphatic carbocycles. The molecule has 6 nitrogen and oxygen atoms in total. The molecule has 32 heavy (non-hydrogen) atoms. The first kappa shape index (κ1) is 19.5. The maximum absolute atomic E-state index is 13.1. The van der Waals surface area contributed by atoms with Crippen LogP contribution in [0, 0.1) is 6.92 Å². The number of aromatic nitrogens is 3. The molecule has 0 aliphatic heterocycles. The van der Waals surface area contributed by atoms with E-state index < -0.39 is 0 Å². The average Bonchev–Trinajstić information content (AvgIpc) is 3.42. The number of carbonyl (C=O) groups excluding carboxylic acids is 1. The molecule has 0 radical (unpaired) electrons. The van der Waals surface area contributed by atoms with Crippen molar-refractivity contribution in [3.63, 3.8) is 0 Å². The maximum Gasteiger partial charge on any atom is 0.275 e. The summed E-state index contributed by atoms with van der Waals surface area (Å²) in [7, 11) is 0. The van der Waals surface area contributed by atoms with Gasteiger partial charge in [0.15, 0.2) is 0 Å². The molecular formula is C26H21N5O. The average molecular weight is 419 g/mol. The van der Waals surface area contributed by atoms with Gasteiger partial charge in [0.25, 0.3) is 5.91 Å². The van der Waals surface area contributed by atoms with Gasteiger partial charge in [0, 0.05) is 33.9 Å². The van der Waals surface area contributed by atoms with Crippen LogP contribution in [0.25, 0.3) is 27.8 Å². The Morgan fingerprint density at radius 1 is 0.969 bits per heavy atom. The molecular weight excluding hydrogens is 398 g/mol. The van der Waals surface area contributed by atoms with Gasteiger partial charge in [-0.05, 0) is 25.1 Å². The summed E-state index contributed by atoms with van der Waals surface area (Å²) in [5.74, 6) is -0.320. The SMILES string of the molecule is Cc1[nH]c2ccccc2c1/C=N/NC(=O)c1cn(-c2ccccc2)nc1-c1ccccc1. The minimum atomic E-state index is -0.320. The van der Waals surface area contributed by atoms with Crippen LogP contribution in [0.4, 0.5) is 0 Å². The largest absolute Gasteiger partial charge is 0.358 e. The topological polar surface area (TPSA) is 75.1 Å². The molecule has 156 valence electrons. The highest BCUT2D eigenvalue weighted by atomic mass is 16.2. The number of aromatic amines is 1. The fraction of sp³-hybridized carbons (Fsp3) is 0.0385. The molecule has 0 aliphatic rings. The summed E-state index contributed by atoms with van der Waals surface area (Å²) in [6.45, 7) is 1.99. The monoisotopic (exact) mass is 419 g/mol. The van der Waals surface area contributed by atoms with Gasteiger partial charge in [0.05, 0.1) is 17.5 Å². The van der Waals surface area contributed by atoms with Crippen molar-refractivity contribution in [2.45, 2.75) is 6.92 Å². The first-order chi connectivity index (χ1) is 15.7. The van der Waals surface area contributed by atoms with E-state index in [4.69, 9.17) is 0 Å². The molecule has 1 amide bonds. The third kappa shape index (κ3) is 3.70. The number of para-hydroxylation sites is 2. The Morgan fingerprint density at radius 3 is 2.44 bits per heavy atom. The summed E-state index contributed by atoms with van der Waals surface area (Å²) in [6, 6.07) is 27.4. The number of carbonyl (C=O) groups is 1. The van der Waals surface area contributed by atoms with Crippen LogP contribution in [0.15, 0.2) is 96.2 Å². The minimum Gasteiger partial charge on any atom is -0.358 e. The number of hydrazone groups is 1. The first-order valence-electron chi connectivity index (χ1n) is 10.3. The Labute approximate surface area is 185 Å². The van der Waals surface area contributed by atoms with E-state index >= 15 is 0 Å². The van der Waals surface area contributed by atoms with Crippen molar-refractivity contribution >= 4 is 23.0 Å². The lowest BCUT2D eigenvalue weighted by Crippen LogP contribution is -2.18. The van der Waals surface area contributed by atoms with Crippen LogP contribution in [-0.2, 0) is 0 Å². The number of hydrogen-bond donors (Lipinski definition) is 2. The normalized spacial score (nSPS) is 11.3. The molecule has 2 aromatic heterocycles. The Bertz CT molecular complexity index is 1410. The summed E-state index contributed by atoms with van der Waals surface area (Å²) >= 11 is 0. The zero-order valence-electron chi connectivity index (χ0n) is 17.5. The van der Waals surface area contributed by atoms with Crippen molar-refractivity contribution in [1.29, 1.82) is 0 Å². The minimum absolute atomic E-state index is 0.320. The van der Waals surface area contributed by atoms with Crippen molar-refractivity contribution in [2.75, 3.05) is 0 Å². The Morgan fingerprint density at radius 2 is 1.66 bits per heavy atom. The van der Waals surface area contributed by atoms with Crippen LogP contribution >= 0.6 is 0 Å². The van der Waals surface area contributed by atoms with Crippen LogP contribution in [0.3, 0.4) is 0 Å². The number of aryl methyl sites for hydroxylation is 1. The van der Waals surface area contributed by atoms with E-state index in [0.29, 0.717) is 11.3 Å². The van der Waals surface area contributed by atoms with Crippen LogP contribution in [-0.4, -0.2) is 26.9 Å². The van der Waals surface area contributed by atoms with Crippen molar-refractivity contribution in [3.8, 4) is 16.9 Å². The number of nitrogens with zero attached hydrogens (tertiary/aromatic N) is 3. The zero-order valence-corrected chi connectivity index (χ0v) is 17.5. The maximum atomic E-state index is 13.1. The predicted octanol–water partition coefficient (Wildman–Crippen LogP) is 5.09. The molecule has 3 aromatic carbocycles. The summed E-state index contributed by atoms with van der Waals surface area (Å²) in [4.78, 5) is 16.4. The molecule has 0 bridgehead atoms. The molecule has 2 heterocycles. The van der Waals surface area contributed by atoms with Gasteiger partial charge in [-0.2, -0.15) is 10.2 Å². The van der Waals surface area contributed by atoms with Crippen molar-refractivity contribution in [1.82, 2.24) is 20.2 Å². The van der Waals surface area contributed by atoms with E-state index in [1.807, 2.05) is 91.9 Å². The number of fused-ring (bicyclic) bond motifs is 1. The number of nitrogens with one attached hydrogen (secondary N) is 2. The second-order valence-electron chi connectivity index (χ2n) is 7.45. The van der Waals surface area contributed by atoms with E-state index in [9.17, 15) is 4.79 Å². The van der Waals surface area contributed by atoms with Crippen molar-refractivity contribution in [3.05, 3.63) is 108 Å². The molecule has 0 unspecified atom stereocenters. The smallest absolute Gasteiger partial charge is 0.275 e.